The molecule has 0 amide bonds. The van der Waals surface area contributed by atoms with Crippen LogP contribution in [0, 0.1) is 0 Å². The lowest BCUT2D eigenvalue weighted by Crippen LogP contribution is -2.44. The fourth-order valence-electron chi connectivity index (χ4n) is 3.30. The van der Waals surface area contributed by atoms with E-state index in [4.69, 9.17) is 4.74 Å². The van der Waals surface area contributed by atoms with Crippen LogP contribution >= 0.6 is 0 Å². The molecule has 4 rings (SSSR count). The van der Waals surface area contributed by atoms with E-state index in [1.54, 1.807) is 5.56 Å². The fourth-order valence-corrected chi connectivity index (χ4v) is 3.30. The summed E-state index contributed by atoms with van der Waals surface area (Å²) < 4.78 is 5.92. The minimum absolute atomic E-state index is 0.216. The maximum Gasteiger partial charge on any atom is 0.0859 e. The van der Waals surface area contributed by atoms with E-state index in [0.29, 0.717) is 0 Å². The summed E-state index contributed by atoms with van der Waals surface area (Å²) in [5, 5.41) is 3.46. The van der Waals surface area contributed by atoms with Gasteiger partial charge in [0.25, 0.3) is 0 Å². The summed E-state index contributed by atoms with van der Waals surface area (Å²) in [5.41, 5.74) is 4.72. The molecule has 96 valence electrons. The molecule has 1 spiro atoms. The molecule has 1 aromatic carbocycles. The van der Waals surface area contributed by atoms with Crippen LogP contribution in [0.25, 0.3) is 0 Å². The van der Waals surface area contributed by atoms with Gasteiger partial charge in [-0.15, -0.1) is 0 Å². The lowest BCUT2D eigenvalue weighted by atomic mass is 9.98. The van der Waals surface area contributed by atoms with Crippen molar-refractivity contribution in [3.05, 3.63) is 29.3 Å². The number of hydrogen-bond acceptors (Lipinski definition) is 3. The van der Waals surface area contributed by atoms with E-state index in [1.807, 2.05) is 0 Å². The summed E-state index contributed by atoms with van der Waals surface area (Å²) in [6, 6.07) is 6.76. The summed E-state index contributed by atoms with van der Waals surface area (Å²) in [6.45, 7) is 5.17. The van der Waals surface area contributed by atoms with Crippen molar-refractivity contribution in [3.8, 4) is 0 Å². The Hall–Kier alpha value is -1.06. The molecule has 2 heterocycles. The molecule has 0 atom stereocenters. The van der Waals surface area contributed by atoms with Crippen molar-refractivity contribution < 1.29 is 4.74 Å². The van der Waals surface area contributed by atoms with Crippen molar-refractivity contribution in [2.24, 2.45) is 0 Å². The topological polar surface area (TPSA) is 24.5 Å². The first kappa shape index (κ1) is 10.8. The van der Waals surface area contributed by atoms with Crippen LogP contribution in [0.5, 0.6) is 0 Å². The molecule has 3 nitrogen and oxygen atoms in total. The van der Waals surface area contributed by atoms with Gasteiger partial charge in [-0.05, 0) is 43.0 Å². The largest absolute Gasteiger partial charge is 0.371 e. The van der Waals surface area contributed by atoms with E-state index in [2.05, 4.69) is 28.4 Å². The first-order valence-corrected chi connectivity index (χ1v) is 7.07. The highest BCUT2D eigenvalue weighted by molar-refractivity contribution is 5.58. The van der Waals surface area contributed by atoms with Gasteiger partial charge in [-0.3, -0.25) is 0 Å². The Labute approximate surface area is 108 Å². The monoisotopic (exact) mass is 244 g/mol. The van der Waals surface area contributed by atoms with Crippen LogP contribution in [-0.2, 0) is 17.7 Å². The highest BCUT2D eigenvalue weighted by Gasteiger charge is 2.47. The minimum atomic E-state index is 0.216. The number of nitrogens with zero attached hydrogens (tertiary/aromatic N) is 1. The van der Waals surface area contributed by atoms with Gasteiger partial charge >= 0.3 is 0 Å². The molecule has 1 aromatic rings. The molecule has 3 heteroatoms. The predicted molar refractivity (Wildman–Crippen MR) is 72.0 cm³/mol. The average molecular weight is 244 g/mol. The van der Waals surface area contributed by atoms with Crippen LogP contribution in [0.3, 0.4) is 0 Å². The number of rotatable bonds is 1. The molecule has 0 bridgehead atoms. The Morgan fingerprint density at radius 3 is 3.11 bits per heavy atom. The summed E-state index contributed by atoms with van der Waals surface area (Å²) >= 11 is 0. The smallest absolute Gasteiger partial charge is 0.0859 e. The van der Waals surface area contributed by atoms with Gasteiger partial charge in [0.1, 0.15) is 0 Å². The number of hydrogen-bond donors (Lipinski definition) is 1. The van der Waals surface area contributed by atoms with Crippen molar-refractivity contribution >= 4 is 5.69 Å². The van der Waals surface area contributed by atoms with E-state index in [1.165, 1.54) is 24.1 Å². The number of fused-ring (bicyclic) bond motifs is 1. The molecule has 0 radical (unpaired) electrons. The van der Waals surface area contributed by atoms with Crippen LogP contribution in [-0.4, -0.2) is 31.8 Å². The maximum absolute atomic E-state index is 5.92. The third kappa shape index (κ3) is 1.73. The molecule has 1 aliphatic carbocycles. The number of morpholine rings is 1. The quantitative estimate of drug-likeness (QED) is 0.814. The Balaban J connectivity index is 1.67. The molecule has 0 unspecified atom stereocenters. The van der Waals surface area contributed by atoms with Crippen LogP contribution in [0.15, 0.2) is 18.2 Å². The fraction of sp³-hybridized carbons (Fsp3) is 0.600. The molecular weight excluding hydrogens is 224 g/mol. The molecule has 2 fully saturated rings. The molecule has 1 saturated carbocycles. The van der Waals surface area contributed by atoms with Gasteiger partial charge in [0, 0.05) is 25.3 Å². The van der Waals surface area contributed by atoms with Crippen molar-refractivity contribution in [2.75, 3.05) is 31.1 Å². The van der Waals surface area contributed by atoms with Crippen LogP contribution < -0.4 is 10.2 Å². The maximum atomic E-state index is 5.92. The van der Waals surface area contributed by atoms with Crippen molar-refractivity contribution in [1.29, 1.82) is 0 Å². The summed E-state index contributed by atoms with van der Waals surface area (Å²) in [5.74, 6) is 0. The molecule has 1 N–H and O–H groups in total. The first-order chi connectivity index (χ1) is 8.86. The number of nitrogens with one attached hydrogen (secondary N) is 1. The predicted octanol–water partition coefficient (Wildman–Crippen LogP) is 1.70. The lowest BCUT2D eigenvalue weighted by Gasteiger charge is -2.37. The van der Waals surface area contributed by atoms with Crippen LogP contribution in [0.4, 0.5) is 5.69 Å². The normalized spacial score (nSPS) is 25.0. The summed E-state index contributed by atoms with van der Waals surface area (Å²) in [4.78, 5) is 2.56. The highest BCUT2D eigenvalue weighted by Crippen LogP contribution is 2.43. The van der Waals surface area contributed by atoms with Crippen molar-refractivity contribution in [3.63, 3.8) is 0 Å². The van der Waals surface area contributed by atoms with Gasteiger partial charge in [0.15, 0.2) is 0 Å². The zero-order chi connectivity index (χ0) is 12.0. The zero-order valence-electron chi connectivity index (χ0n) is 10.7. The van der Waals surface area contributed by atoms with E-state index in [0.717, 1.165) is 39.2 Å². The summed E-state index contributed by atoms with van der Waals surface area (Å²) in [7, 11) is 0. The van der Waals surface area contributed by atoms with Crippen molar-refractivity contribution in [1.82, 2.24) is 5.32 Å². The number of ether oxygens (including phenoxy) is 1. The Morgan fingerprint density at radius 2 is 2.22 bits per heavy atom. The van der Waals surface area contributed by atoms with Gasteiger partial charge in [-0.25, -0.2) is 0 Å². The minimum Gasteiger partial charge on any atom is -0.371 e. The number of benzene rings is 1. The molecular formula is C15H20N2O. The molecule has 2 aliphatic heterocycles. The van der Waals surface area contributed by atoms with Gasteiger partial charge in [0.2, 0.25) is 0 Å². The van der Waals surface area contributed by atoms with E-state index >= 15 is 0 Å². The van der Waals surface area contributed by atoms with Gasteiger partial charge in [0.05, 0.1) is 12.2 Å². The second kappa shape index (κ2) is 3.97. The van der Waals surface area contributed by atoms with Gasteiger partial charge in [-0.1, -0.05) is 12.1 Å². The zero-order valence-corrected chi connectivity index (χ0v) is 10.7. The Morgan fingerprint density at radius 1 is 1.28 bits per heavy atom. The van der Waals surface area contributed by atoms with Crippen LogP contribution in [0.2, 0.25) is 0 Å². The highest BCUT2D eigenvalue weighted by atomic mass is 16.5. The molecule has 3 aliphatic rings. The Bertz CT molecular complexity index is 468. The van der Waals surface area contributed by atoms with Crippen molar-refractivity contribution in [2.45, 2.75) is 31.4 Å². The second-order valence-electron chi connectivity index (χ2n) is 5.79. The third-order valence-electron chi connectivity index (χ3n) is 4.51. The molecule has 18 heavy (non-hydrogen) atoms. The first-order valence-electron chi connectivity index (χ1n) is 7.07. The van der Waals surface area contributed by atoms with E-state index in [-0.39, 0.29) is 5.60 Å². The van der Waals surface area contributed by atoms with E-state index < -0.39 is 0 Å². The number of anilines is 1. The standard InChI is InChI=1S/C15H20N2O/c1-2-12-10-16-7-4-13(12)14(3-1)17-8-9-18-15(11-17)5-6-15/h1-3,16H,4-11H2. The van der Waals surface area contributed by atoms with Crippen LogP contribution in [0.1, 0.15) is 24.0 Å². The molecule has 1 saturated heterocycles. The second-order valence-corrected chi connectivity index (χ2v) is 5.79. The third-order valence-corrected chi connectivity index (χ3v) is 4.51. The van der Waals surface area contributed by atoms with E-state index in [9.17, 15) is 0 Å². The molecule has 0 aromatic heterocycles. The lowest BCUT2D eigenvalue weighted by molar-refractivity contribution is 0.0206. The average Bonchev–Trinajstić information content (AvgIpc) is 3.17. The van der Waals surface area contributed by atoms with Gasteiger partial charge in [-0.2, -0.15) is 0 Å². The SMILES string of the molecule is c1cc2c(c(N3CCOC4(CC4)C3)c1)CCNC2. The summed E-state index contributed by atoms with van der Waals surface area (Å²) in [6.07, 6.45) is 3.66. The van der Waals surface area contributed by atoms with Gasteiger partial charge < -0.3 is 15.0 Å². The Kier molecular flexibility index (Phi) is 2.39.